The molecule has 0 fully saturated rings. The molecular formula is C24H37NO4. The number of carbonyl (C=O) groups excluding carboxylic acids is 2. The zero-order valence-corrected chi connectivity index (χ0v) is 17.9. The predicted octanol–water partition coefficient (Wildman–Crippen LogP) is 5.58. The van der Waals surface area contributed by atoms with Gasteiger partial charge in [-0.2, -0.15) is 0 Å². The van der Waals surface area contributed by atoms with Crippen molar-refractivity contribution in [1.82, 2.24) is 5.32 Å². The van der Waals surface area contributed by atoms with E-state index in [0.717, 1.165) is 37.7 Å². The van der Waals surface area contributed by atoms with E-state index in [-0.39, 0.29) is 0 Å². The molecule has 162 valence electrons. The molecule has 0 heterocycles. The van der Waals surface area contributed by atoms with E-state index in [1.54, 1.807) is 0 Å². The lowest BCUT2D eigenvalue weighted by Crippen LogP contribution is -2.43. The van der Waals surface area contributed by atoms with E-state index in [1.165, 1.54) is 25.7 Å². The van der Waals surface area contributed by atoms with Crippen LogP contribution in [0.3, 0.4) is 0 Å². The fraction of sp³-hybridized carbons (Fsp3) is 0.583. The number of allylic oxidation sites excluding steroid dienone is 1. The summed E-state index contributed by atoms with van der Waals surface area (Å²) in [6.07, 6.45) is 11.6. The minimum Gasteiger partial charge on any atom is -0.464 e. The summed E-state index contributed by atoms with van der Waals surface area (Å²) < 4.78 is 10.5. The lowest BCUT2D eigenvalue weighted by atomic mass is 10.1. The molecule has 29 heavy (non-hydrogen) atoms. The van der Waals surface area contributed by atoms with Crippen LogP contribution in [0.4, 0.5) is 4.79 Å². The first-order valence-corrected chi connectivity index (χ1v) is 10.9. The Bertz CT molecular complexity index is 574. The Morgan fingerprint density at radius 3 is 2.28 bits per heavy atom. The molecule has 1 N–H and O–H groups in total. The maximum atomic E-state index is 12.5. The molecular weight excluding hydrogens is 366 g/mol. The second kappa shape index (κ2) is 16.6. The normalized spacial score (nSPS) is 11.5. The molecule has 0 saturated heterocycles. The number of carbonyl (C=O) groups is 2. The van der Waals surface area contributed by atoms with Crippen molar-refractivity contribution in [2.45, 2.75) is 77.2 Å². The number of nitrogens with one attached hydrogen (secondary N) is 1. The largest absolute Gasteiger partial charge is 0.464 e. The van der Waals surface area contributed by atoms with Gasteiger partial charge in [-0.25, -0.2) is 9.59 Å². The van der Waals surface area contributed by atoms with Crippen molar-refractivity contribution in [2.24, 2.45) is 0 Å². The average molecular weight is 404 g/mol. The summed E-state index contributed by atoms with van der Waals surface area (Å²) in [6, 6.07) is 8.84. The number of benzene rings is 1. The zero-order valence-electron chi connectivity index (χ0n) is 17.9. The van der Waals surface area contributed by atoms with Crippen molar-refractivity contribution >= 4 is 12.1 Å². The molecule has 1 aromatic carbocycles. The van der Waals surface area contributed by atoms with Crippen LogP contribution >= 0.6 is 0 Å². The van der Waals surface area contributed by atoms with Crippen LogP contribution in [-0.4, -0.2) is 31.3 Å². The maximum Gasteiger partial charge on any atom is 0.407 e. The van der Waals surface area contributed by atoms with Crippen LogP contribution in [0, 0.1) is 0 Å². The van der Waals surface area contributed by atoms with E-state index in [0.29, 0.717) is 19.6 Å². The van der Waals surface area contributed by atoms with Gasteiger partial charge in [0.25, 0.3) is 0 Å². The second-order valence-corrected chi connectivity index (χ2v) is 7.24. The van der Waals surface area contributed by atoms with Crippen LogP contribution in [0.2, 0.25) is 0 Å². The Kier molecular flexibility index (Phi) is 14.2. The van der Waals surface area contributed by atoms with E-state index in [1.807, 2.05) is 43.3 Å². The van der Waals surface area contributed by atoms with Gasteiger partial charge in [0, 0.05) is 6.42 Å². The number of hydrogen-bond donors (Lipinski definition) is 1. The first kappa shape index (κ1) is 24.7. The van der Waals surface area contributed by atoms with Gasteiger partial charge in [-0.1, -0.05) is 75.4 Å². The minimum atomic E-state index is -0.744. The summed E-state index contributed by atoms with van der Waals surface area (Å²) in [5, 5.41) is 2.64. The summed E-state index contributed by atoms with van der Waals surface area (Å²) in [5.74, 6) is -0.410. The van der Waals surface area contributed by atoms with Gasteiger partial charge >= 0.3 is 12.1 Å². The van der Waals surface area contributed by atoms with Crippen molar-refractivity contribution in [3.8, 4) is 0 Å². The lowest BCUT2D eigenvalue weighted by molar-refractivity contribution is -0.146. The van der Waals surface area contributed by atoms with Gasteiger partial charge in [0.1, 0.15) is 6.04 Å². The quantitative estimate of drug-likeness (QED) is 0.222. The van der Waals surface area contributed by atoms with E-state index in [2.05, 4.69) is 11.9 Å². The highest BCUT2D eigenvalue weighted by Gasteiger charge is 2.23. The van der Waals surface area contributed by atoms with Crippen LogP contribution < -0.4 is 5.32 Å². The molecule has 0 saturated carbocycles. The Morgan fingerprint density at radius 2 is 1.62 bits per heavy atom. The highest BCUT2D eigenvalue weighted by Crippen LogP contribution is 2.10. The number of amides is 1. The van der Waals surface area contributed by atoms with Crippen LogP contribution in [0.25, 0.3) is 0 Å². The van der Waals surface area contributed by atoms with E-state index < -0.39 is 18.1 Å². The number of esters is 1. The number of ether oxygens (including phenoxy) is 2. The molecule has 5 nitrogen and oxygen atoms in total. The van der Waals surface area contributed by atoms with Crippen molar-refractivity contribution in [3.05, 3.63) is 48.6 Å². The Morgan fingerprint density at radius 1 is 0.966 bits per heavy atom. The van der Waals surface area contributed by atoms with Gasteiger partial charge in [0.15, 0.2) is 0 Å². The number of unbranched alkanes of at least 4 members (excludes halogenated alkanes) is 7. The van der Waals surface area contributed by atoms with Crippen LogP contribution in [-0.2, 0) is 20.7 Å². The summed E-state index contributed by atoms with van der Waals surface area (Å²) >= 11 is 0. The highest BCUT2D eigenvalue weighted by atomic mass is 16.6. The van der Waals surface area contributed by atoms with Crippen LogP contribution in [0.15, 0.2) is 43.0 Å². The summed E-state index contributed by atoms with van der Waals surface area (Å²) in [5.41, 5.74) is 0.960. The van der Waals surface area contributed by atoms with Gasteiger partial charge in [-0.05, 0) is 31.2 Å². The molecule has 0 aliphatic heterocycles. The molecule has 1 aromatic rings. The highest BCUT2D eigenvalue weighted by molar-refractivity contribution is 5.81. The summed E-state index contributed by atoms with van der Waals surface area (Å²) in [7, 11) is 0. The third kappa shape index (κ3) is 12.7. The topological polar surface area (TPSA) is 64.6 Å². The monoisotopic (exact) mass is 403 g/mol. The zero-order chi connectivity index (χ0) is 21.2. The van der Waals surface area contributed by atoms with E-state index in [4.69, 9.17) is 9.47 Å². The summed E-state index contributed by atoms with van der Waals surface area (Å²) in [6.45, 7) is 6.36. The molecule has 1 amide bonds. The first-order chi connectivity index (χ1) is 14.2. The number of alkyl carbamates (subject to hydrolysis) is 1. The molecule has 5 heteroatoms. The van der Waals surface area contributed by atoms with Gasteiger partial charge in [0.05, 0.1) is 13.2 Å². The molecule has 0 radical (unpaired) electrons. The van der Waals surface area contributed by atoms with Crippen LogP contribution in [0.1, 0.15) is 70.3 Å². The standard InChI is InChI=1S/C24H37NO4/c1-3-5-6-7-8-9-10-11-15-19-28-23(26)22(25-24(27)29-18-4-2)20-21-16-13-12-14-17-21/h3,12-14,16-17,22H,1,4-11,15,18-20H2,2H3,(H,25,27)/t22-/m0/s1. The third-order valence-corrected chi connectivity index (χ3v) is 4.59. The van der Waals surface area contributed by atoms with Crippen molar-refractivity contribution in [2.75, 3.05) is 13.2 Å². The second-order valence-electron chi connectivity index (χ2n) is 7.24. The smallest absolute Gasteiger partial charge is 0.407 e. The third-order valence-electron chi connectivity index (χ3n) is 4.59. The molecule has 0 unspecified atom stereocenters. The van der Waals surface area contributed by atoms with Gasteiger partial charge in [-0.15, -0.1) is 6.58 Å². The number of rotatable bonds is 16. The van der Waals surface area contributed by atoms with Gasteiger partial charge < -0.3 is 14.8 Å². The Labute approximate surface area is 175 Å². The Hall–Kier alpha value is -2.30. The van der Waals surface area contributed by atoms with Gasteiger partial charge in [-0.3, -0.25) is 0 Å². The first-order valence-electron chi connectivity index (χ1n) is 10.9. The maximum absolute atomic E-state index is 12.5. The van der Waals surface area contributed by atoms with Crippen LogP contribution in [0.5, 0.6) is 0 Å². The van der Waals surface area contributed by atoms with Crippen molar-refractivity contribution in [3.63, 3.8) is 0 Å². The molecule has 0 bridgehead atoms. The van der Waals surface area contributed by atoms with Crippen molar-refractivity contribution < 1.29 is 19.1 Å². The molecule has 0 aliphatic rings. The van der Waals surface area contributed by atoms with E-state index in [9.17, 15) is 9.59 Å². The Balaban J connectivity index is 2.32. The van der Waals surface area contributed by atoms with Crippen molar-refractivity contribution in [1.29, 1.82) is 0 Å². The molecule has 0 aromatic heterocycles. The molecule has 0 aliphatic carbocycles. The minimum absolute atomic E-state index is 0.326. The summed E-state index contributed by atoms with van der Waals surface area (Å²) in [4.78, 5) is 24.4. The number of hydrogen-bond acceptors (Lipinski definition) is 4. The molecule has 0 spiro atoms. The fourth-order valence-electron chi connectivity index (χ4n) is 2.97. The van der Waals surface area contributed by atoms with E-state index >= 15 is 0 Å². The SMILES string of the molecule is C=CCCCCCCCCCOC(=O)[C@H](Cc1ccccc1)NC(=O)OCCC. The lowest BCUT2D eigenvalue weighted by Gasteiger charge is -2.17. The average Bonchev–Trinajstić information content (AvgIpc) is 2.73. The van der Waals surface area contributed by atoms with Gasteiger partial charge in [0.2, 0.25) is 0 Å². The predicted molar refractivity (Wildman–Crippen MR) is 117 cm³/mol. The molecule has 1 atom stereocenters. The molecule has 1 rings (SSSR count). The fourth-order valence-corrected chi connectivity index (χ4v) is 2.97.